The number of benzene rings is 1. The van der Waals surface area contributed by atoms with E-state index in [2.05, 4.69) is 5.32 Å². The molecule has 2 aliphatic rings. The Bertz CT molecular complexity index is 431. The summed E-state index contributed by atoms with van der Waals surface area (Å²) in [4.78, 5) is 0. The molecule has 0 saturated heterocycles. The Morgan fingerprint density at radius 1 is 1.28 bits per heavy atom. The molecule has 2 saturated carbocycles. The number of rotatable bonds is 5. The van der Waals surface area contributed by atoms with Crippen molar-refractivity contribution in [3.05, 3.63) is 29.6 Å². The van der Waals surface area contributed by atoms with Crippen molar-refractivity contribution >= 4 is 0 Å². The fraction of sp³-hybridized carbons (Fsp3) is 0.600. The number of hydrogen-bond acceptors (Lipinski definition) is 2. The quantitative estimate of drug-likeness (QED) is 0.866. The van der Waals surface area contributed by atoms with Crippen LogP contribution in [0.4, 0.5) is 4.39 Å². The lowest BCUT2D eigenvalue weighted by molar-refractivity contribution is 0.238. The zero-order chi connectivity index (χ0) is 12.5. The zero-order valence-corrected chi connectivity index (χ0v) is 10.8. The molecule has 3 rings (SSSR count). The van der Waals surface area contributed by atoms with Crippen LogP contribution >= 0.6 is 0 Å². The Labute approximate surface area is 108 Å². The Kier molecular flexibility index (Phi) is 3.25. The second-order valence-corrected chi connectivity index (χ2v) is 5.49. The summed E-state index contributed by atoms with van der Waals surface area (Å²) in [6.45, 7) is 1.03. The molecule has 2 atom stereocenters. The number of nitrogens with one attached hydrogen (secondary N) is 1. The van der Waals surface area contributed by atoms with Gasteiger partial charge in [0, 0.05) is 6.04 Å². The molecule has 0 heterocycles. The van der Waals surface area contributed by atoms with Crippen molar-refractivity contribution in [1.82, 2.24) is 5.32 Å². The van der Waals surface area contributed by atoms with E-state index in [1.807, 2.05) is 12.1 Å². The second kappa shape index (κ2) is 4.88. The molecule has 2 fully saturated rings. The monoisotopic (exact) mass is 249 g/mol. The van der Waals surface area contributed by atoms with Gasteiger partial charge < -0.3 is 10.1 Å². The first-order chi connectivity index (χ1) is 8.79. The van der Waals surface area contributed by atoms with E-state index in [0.29, 0.717) is 17.6 Å². The maximum atomic E-state index is 14.2. The average Bonchev–Trinajstić information content (AvgIpc) is 3.15. The molecule has 0 spiro atoms. The molecule has 1 aromatic rings. The Hall–Kier alpha value is -1.09. The van der Waals surface area contributed by atoms with E-state index in [-0.39, 0.29) is 5.82 Å². The van der Waals surface area contributed by atoms with Crippen LogP contribution in [0.5, 0.6) is 5.75 Å². The normalized spacial score (nSPS) is 26.8. The summed E-state index contributed by atoms with van der Waals surface area (Å²) < 4.78 is 19.2. The summed E-state index contributed by atoms with van der Waals surface area (Å²) in [5.74, 6) is 1.16. The first-order valence-corrected chi connectivity index (χ1v) is 6.85. The van der Waals surface area contributed by atoms with Crippen LogP contribution in [-0.2, 0) is 0 Å². The molecule has 18 heavy (non-hydrogen) atoms. The smallest absolute Gasteiger partial charge is 0.168 e. The highest BCUT2D eigenvalue weighted by atomic mass is 19.1. The number of methoxy groups -OCH3 is 1. The van der Waals surface area contributed by atoms with E-state index in [1.54, 1.807) is 6.07 Å². The Morgan fingerprint density at radius 2 is 2.11 bits per heavy atom. The van der Waals surface area contributed by atoms with Crippen molar-refractivity contribution in [3.63, 3.8) is 0 Å². The molecule has 98 valence electrons. The van der Waals surface area contributed by atoms with Crippen molar-refractivity contribution in [3.8, 4) is 5.75 Å². The molecule has 2 nitrogen and oxygen atoms in total. The van der Waals surface area contributed by atoms with Gasteiger partial charge in [-0.2, -0.15) is 0 Å². The summed E-state index contributed by atoms with van der Waals surface area (Å²) in [5, 5.41) is 3.55. The highest BCUT2D eigenvalue weighted by Crippen LogP contribution is 2.44. The molecule has 0 aliphatic heterocycles. The molecule has 0 radical (unpaired) electrons. The van der Waals surface area contributed by atoms with Crippen LogP contribution in [0.3, 0.4) is 0 Å². The number of halogens is 1. The molecule has 1 N–H and O–H groups in total. The van der Waals surface area contributed by atoms with Crippen LogP contribution in [0.25, 0.3) is 0 Å². The first kappa shape index (κ1) is 12.0. The van der Waals surface area contributed by atoms with Crippen LogP contribution in [0.1, 0.15) is 37.2 Å². The van der Waals surface area contributed by atoms with Gasteiger partial charge in [0.25, 0.3) is 0 Å². The number of ether oxygens (including phenoxy) is 1. The van der Waals surface area contributed by atoms with Gasteiger partial charge in [-0.3, -0.25) is 0 Å². The molecule has 0 bridgehead atoms. The minimum atomic E-state index is -0.166. The lowest BCUT2D eigenvalue weighted by Crippen LogP contribution is -2.35. The van der Waals surface area contributed by atoms with E-state index in [1.165, 1.54) is 26.4 Å². The van der Waals surface area contributed by atoms with Gasteiger partial charge in [-0.1, -0.05) is 12.1 Å². The summed E-state index contributed by atoms with van der Waals surface area (Å²) in [6.07, 6.45) is 4.93. The Balaban J connectivity index is 1.69. The van der Waals surface area contributed by atoms with Gasteiger partial charge in [0.2, 0.25) is 0 Å². The molecule has 2 unspecified atom stereocenters. The van der Waals surface area contributed by atoms with Gasteiger partial charge in [0.1, 0.15) is 0 Å². The van der Waals surface area contributed by atoms with Crippen molar-refractivity contribution < 1.29 is 9.13 Å². The van der Waals surface area contributed by atoms with Crippen LogP contribution in [0, 0.1) is 11.7 Å². The summed E-state index contributed by atoms with van der Waals surface area (Å²) in [6, 6.07) is 6.23. The molecular weight excluding hydrogens is 229 g/mol. The topological polar surface area (TPSA) is 21.3 Å². The predicted octanol–water partition coefficient (Wildman–Crippen LogP) is 3.08. The lowest BCUT2D eigenvalue weighted by atomic mass is 9.69. The molecule has 0 aromatic heterocycles. The lowest BCUT2D eigenvalue weighted by Gasteiger charge is -2.37. The maximum absolute atomic E-state index is 14.2. The van der Waals surface area contributed by atoms with Gasteiger partial charge in [0.15, 0.2) is 11.6 Å². The first-order valence-electron chi connectivity index (χ1n) is 6.85. The van der Waals surface area contributed by atoms with E-state index in [9.17, 15) is 4.39 Å². The molecule has 0 amide bonds. The third-order valence-corrected chi connectivity index (χ3v) is 4.28. The second-order valence-electron chi connectivity index (χ2n) is 5.49. The van der Waals surface area contributed by atoms with Crippen LogP contribution in [-0.4, -0.2) is 19.7 Å². The van der Waals surface area contributed by atoms with E-state index < -0.39 is 0 Å². The standard InChI is InChI=1S/C15H20FNO/c1-18-14-4-2-3-13(15(14)16)12-8-5-10(12)9-17-11-6-7-11/h2-4,10-12,17H,5-9H2,1H3. The van der Waals surface area contributed by atoms with E-state index in [4.69, 9.17) is 4.74 Å². The van der Waals surface area contributed by atoms with Crippen molar-refractivity contribution in [1.29, 1.82) is 0 Å². The van der Waals surface area contributed by atoms with E-state index >= 15 is 0 Å². The van der Waals surface area contributed by atoms with Gasteiger partial charge in [-0.05, 0) is 55.7 Å². The van der Waals surface area contributed by atoms with Crippen molar-refractivity contribution in [2.24, 2.45) is 5.92 Å². The van der Waals surface area contributed by atoms with Crippen molar-refractivity contribution in [2.45, 2.75) is 37.6 Å². The van der Waals surface area contributed by atoms with Crippen molar-refractivity contribution in [2.75, 3.05) is 13.7 Å². The summed E-state index contributed by atoms with van der Waals surface area (Å²) >= 11 is 0. The molecule has 3 heteroatoms. The van der Waals surface area contributed by atoms with Gasteiger partial charge >= 0.3 is 0 Å². The van der Waals surface area contributed by atoms with Gasteiger partial charge in [-0.15, -0.1) is 0 Å². The highest BCUT2D eigenvalue weighted by Gasteiger charge is 2.35. The largest absolute Gasteiger partial charge is 0.494 e. The third kappa shape index (κ3) is 2.24. The maximum Gasteiger partial charge on any atom is 0.168 e. The fourth-order valence-corrected chi connectivity index (χ4v) is 2.80. The van der Waals surface area contributed by atoms with Crippen LogP contribution in [0.2, 0.25) is 0 Å². The van der Waals surface area contributed by atoms with Crippen LogP contribution < -0.4 is 10.1 Å². The third-order valence-electron chi connectivity index (χ3n) is 4.28. The fourth-order valence-electron chi connectivity index (χ4n) is 2.80. The minimum Gasteiger partial charge on any atom is -0.494 e. The predicted molar refractivity (Wildman–Crippen MR) is 69.4 cm³/mol. The zero-order valence-electron chi connectivity index (χ0n) is 10.8. The average molecular weight is 249 g/mol. The SMILES string of the molecule is COc1cccc(C2CCC2CNC2CC2)c1F. The minimum absolute atomic E-state index is 0.166. The highest BCUT2D eigenvalue weighted by molar-refractivity contribution is 5.34. The Morgan fingerprint density at radius 3 is 2.72 bits per heavy atom. The van der Waals surface area contributed by atoms with Gasteiger partial charge in [0.05, 0.1) is 7.11 Å². The summed E-state index contributed by atoms with van der Waals surface area (Å²) in [5.41, 5.74) is 0.836. The molecular formula is C15H20FNO. The molecule has 1 aromatic carbocycles. The van der Waals surface area contributed by atoms with E-state index in [0.717, 1.165) is 24.6 Å². The van der Waals surface area contributed by atoms with Gasteiger partial charge in [-0.25, -0.2) is 4.39 Å². The summed E-state index contributed by atoms with van der Waals surface area (Å²) in [7, 11) is 1.52. The van der Waals surface area contributed by atoms with Crippen LogP contribution in [0.15, 0.2) is 18.2 Å². The number of hydrogen-bond donors (Lipinski definition) is 1. The molecule has 2 aliphatic carbocycles.